The highest BCUT2D eigenvalue weighted by Crippen LogP contribution is 2.29. The van der Waals surface area contributed by atoms with Crippen molar-refractivity contribution in [2.75, 3.05) is 0 Å². The Bertz CT molecular complexity index is 1020. The van der Waals surface area contributed by atoms with E-state index in [1.807, 2.05) is 29.0 Å². The number of thiophene rings is 1. The standard InChI is InChI=1S/C20H17BrN2O3S/c1-2-5-19-17(21)13-20(27-19)18(24)10-9-14-8-4-11-22(14)15-6-3-7-16(12-15)23(25)26/h3-4,6-13H,2,5H2,1H3/b10-9+. The predicted molar refractivity (Wildman–Crippen MR) is 112 cm³/mol. The molecule has 0 unspecified atom stereocenters. The highest BCUT2D eigenvalue weighted by Gasteiger charge is 2.12. The molecule has 0 bridgehead atoms. The maximum atomic E-state index is 12.5. The van der Waals surface area contributed by atoms with E-state index in [0.29, 0.717) is 10.6 Å². The Kier molecular flexibility index (Phi) is 6.03. The van der Waals surface area contributed by atoms with Crippen molar-refractivity contribution < 1.29 is 9.72 Å². The van der Waals surface area contributed by atoms with Crippen LogP contribution in [0.1, 0.15) is 33.6 Å². The summed E-state index contributed by atoms with van der Waals surface area (Å²) in [4.78, 5) is 24.9. The molecular weight excluding hydrogens is 428 g/mol. The summed E-state index contributed by atoms with van der Waals surface area (Å²) in [6.45, 7) is 2.11. The van der Waals surface area contributed by atoms with Crippen molar-refractivity contribution in [3.05, 3.63) is 84.8 Å². The lowest BCUT2D eigenvalue weighted by Crippen LogP contribution is -1.97. The third-order valence-electron chi connectivity index (χ3n) is 3.98. The summed E-state index contributed by atoms with van der Waals surface area (Å²) >= 11 is 5.02. The highest BCUT2D eigenvalue weighted by molar-refractivity contribution is 9.10. The topological polar surface area (TPSA) is 65.1 Å². The van der Waals surface area contributed by atoms with Crippen LogP contribution in [0.3, 0.4) is 0 Å². The average molecular weight is 445 g/mol. The molecule has 3 rings (SSSR count). The molecule has 0 aliphatic carbocycles. The van der Waals surface area contributed by atoms with Gasteiger partial charge in [0.05, 0.1) is 15.5 Å². The minimum atomic E-state index is -0.422. The quantitative estimate of drug-likeness (QED) is 0.192. The second-order valence-electron chi connectivity index (χ2n) is 5.91. The van der Waals surface area contributed by atoms with Crippen molar-refractivity contribution in [1.29, 1.82) is 0 Å². The summed E-state index contributed by atoms with van der Waals surface area (Å²) < 4.78 is 2.79. The van der Waals surface area contributed by atoms with Crippen LogP contribution in [-0.2, 0) is 6.42 Å². The number of ketones is 1. The number of aryl methyl sites for hydroxylation is 1. The van der Waals surface area contributed by atoms with Crippen molar-refractivity contribution in [1.82, 2.24) is 4.57 Å². The van der Waals surface area contributed by atoms with Crippen LogP contribution in [0, 0.1) is 10.1 Å². The molecule has 2 aromatic heterocycles. The molecule has 5 nitrogen and oxygen atoms in total. The zero-order valence-electron chi connectivity index (χ0n) is 14.6. The van der Waals surface area contributed by atoms with Gasteiger partial charge in [0.1, 0.15) is 0 Å². The molecule has 0 fully saturated rings. The summed E-state index contributed by atoms with van der Waals surface area (Å²) in [5.74, 6) is -0.0603. The normalized spacial score (nSPS) is 11.2. The highest BCUT2D eigenvalue weighted by atomic mass is 79.9. The van der Waals surface area contributed by atoms with E-state index < -0.39 is 4.92 Å². The van der Waals surface area contributed by atoms with Crippen LogP contribution >= 0.6 is 27.3 Å². The summed E-state index contributed by atoms with van der Waals surface area (Å²) in [7, 11) is 0. The summed E-state index contributed by atoms with van der Waals surface area (Å²) in [5.41, 5.74) is 1.47. The summed E-state index contributed by atoms with van der Waals surface area (Å²) in [6.07, 6.45) is 7.05. The van der Waals surface area contributed by atoms with Gasteiger partial charge in [-0.05, 0) is 58.8 Å². The first-order chi connectivity index (χ1) is 13.0. The van der Waals surface area contributed by atoms with E-state index in [1.54, 1.807) is 18.2 Å². The van der Waals surface area contributed by atoms with Gasteiger partial charge in [-0.25, -0.2) is 0 Å². The Labute approximate surface area is 169 Å². The Morgan fingerprint density at radius 3 is 2.85 bits per heavy atom. The lowest BCUT2D eigenvalue weighted by atomic mass is 10.2. The molecular formula is C20H17BrN2O3S. The van der Waals surface area contributed by atoms with Gasteiger partial charge in [0.25, 0.3) is 5.69 Å². The number of nitrogens with zero attached hydrogens (tertiary/aromatic N) is 2. The third kappa shape index (κ3) is 4.43. The molecule has 0 N–H and O–H groups in total. The molecule has 0 spiro atoms. The van der Waals surface area contributed by atoms with E-state index in [2.05, 4.69) is 22.9 Å². The molecule has 0 radical (unpaired) electrons. The number of carbonyl (C=O) groups excluding carboxylic acids is 1. The van der Waals surface area contributed by atoms with Crippen molar-refractivity contribution in [3.8, 4) is 5.69 Å². The number of allylic oxidation sites excluding steroid dienone is 1. The number of carbonyl (C=O) groups is 1. The Morgan fingerprint density at radius 1 is 1.30 bits per heavy atom. The molecule has 27 heavy (non-hydrogen) atoms. The minimum absolute atomic E-state index is 0.0269. The molecule has 138 valence electrons. The lowest BCUT2D eigenvalue weighted by molar-refractivity contribution is -0.384. The van der Waals surface area contributed by atoms with Gasteiger partial charge in [-0.1, -0.05) is 19.4 Å². The van der Waals surface area contributed by atoms with Gasteiger partial charge in [0.15, 0.2) is 5.78 Å². The smallest absolute Gasteiger partial charge is 0.271 e. The fourth-order valence-electron chi connectivity index (χ4n) is 2.69. The van der Waals surface area contributed by atoms with Crippen LogP contribution < -0.4 is 0 Å². The second kappa shape index (κ2) is 8.45. The van der Waals surface area contributed by atoms with Crippen molar-refractivity contribution in [2.24, 2.45) is 0 Å². The monoisotopic (exact) mass is 444 g/mol. The van der Waals surface area contributed by atoms with E-state index >= 15 is 0 Å². The zero-order chi connectivity index (χ0) is 19.4. The van der Waals surface area contributed by atoms with Gasteiger partial charge in [-0.15, -0.1) is 11.3 Å². The number of benzene rings is 1. The van der Waals surface area contributed by atoms with Crippen molar-refractivity contribution in [2.45, 2.75) is 19.8 Å². The number of aromatic nitrogens is 1. The molecule has 0 aliphatic heterocycles. The lowest BCUT2D eigenvalue weighted by Gasteiger charge is -2.06. The van der Waals surface area contributed by atoms with Crippen LogP contribution in [0.2, 0.25) is 0 Å². The number of hydrogen-bond acceptors (Lipinski definition) is 4. The number of rotatable bonds is 7. The van der Waals surface area contributed by atoms with Gasteiger partial charge in [-0.3, -0.25) is 14.9 Å². The first-order valence-corrected chi connectivity index (χ1v) is 10.0. The fourth-order valence-corrected chi connectivity index (χ4v) is 4.59. The van der Waals surface area contributed by atoms with Crippen LogP contribution in [0.5, 0.6) is 0 Å². The van der Waals surface area contributed by atoms with E-state index in [1.165, 1.54) is 34.4 Å². The fraction of sp³-hybridized carbons (Fsp3) is 0.150. The van der Waals surface area contributed by atoms with Crippen molar-refractivity contribution >= 4 is 44.8 Å². The van der Waals surface area contributed by atoms with E-state index in [-0.39, 0.29) is 11.5 Å². The van der Waals surface area contributed by atoms with E-state index in [0.717, 1.165) is 23.0 Å². The SMILES string of the molecule is CCCc1sc(C(=O)/C=C/c2cccn2-c2cccc([N+](=O)[O-])c2)cc1Br. The van der Waals surface area contributed by atoms with Gasteiger partial charge in [-0.2, -0.15) is 0 Å². The van der Waals surface area contributed by atoms with Crippen LogP contribution in [0.25, 0.3) is 11.8 Å². The number of nitro benzene ring substituents is 1. The molecule has 0 saturated heterocycles. The van der Waals surface area contributed by atoms with Crippen LogP contribution in [0.15, 0.2) is 59.2 Å². The first-order valence-electron chi connectivity index (χ1n) is 8.42. The molecule has 0 atom stereocenters. The van der Waals surface area contributed by atoms with E-state index in [4.69, 9.17) is 0 Å². The number of non-ortho nitro benzene ring substituents is 1. The molecule has 2 heterocycles. The first kappa shape index (κ1) is 19.3. The van der Waals surface area contributed by atoms with Crippen LogP contribution in [0.4, 0.5) is 5.69 Å². The maximum Gasteiger partial charge on any atom is 0.271 e. The van der Waals surface area contributed by atoms with E-state index in [9.17, 15) is 14.9 Å². The van der Waals surface area contributed by atoms with Gasteiger partial charge < -0.3 is 4.57 Å². The zero-order valence-corrected chi connectivity index (χ0v) is 17.0. The molecule has 0 amide bonds. The summed E-state index contributed by atoms with van der Waals surface area (Å²) in [5, 5.41) is 11.0. The average Bonchev–Trinajstić information content (AvgIpc) is 3.27. The Hall–Kier alpha value is -2.51. The Morgan fingerprint density at radius 2 is 2.11 bits per heavy atom. The third-order valence-corrected chi connectivity index (χ3v) is 6.16. The van der Waals surface area contributed by atoms with Gasteiger partial charge in [0.2, 0.25) is 0 Å². The second-order valence-corrected chi connectivity index (χ2v) is 7.90. The molecule has 0 aliphatic rings. The van der Waals surface area contributed by atoms with Gasteiger partial charge in [0, 0.05) is 33.4 Å². The Balaban J connectivity index is 1.84. The molecule has 3 aromatic rings. The minimum Gasteiger partial charge on any atom is -0.317 e. The molecule has 7 heteroatoms. The number of nitro groups is 1. The largest absolute Gasteiger partial charge is 0.317 e. The number of hydrogen-bond donors (Lipinski definition) is 0. The van der Waals surface area contributed by atoms with Gasteiger partial charge >= 0.3 is 0 Å². The van der Waals surface area contributed by atoms with Crippen molar-refractivity contribution in [3.63, 3.8) is 0 Å². The predicted octanol–water partition coefficient (Wildman–Crippen LogP) is 6.06. The number of halogens is 1. The summed E-state index contributed by atoms with van der Waals surface area (Å²) in [6, 6.07) is 12.0. The maximum absolute atomic E-state index is 12.5. The molecule has 0 saturated carbocycles. The molecule has 1 aromatic carbocycles. The van der Waals surface area contributed by atoms with Crippen LogP contribution in [-0.4, -0.2) is 15.3 Å².